The Balaban J connectivity index is 2.33. The number of aromatic carboxylic acids is 1. The highest BCUT2D eigenvalue weighted by atomic mass is 16.5. The Labute approximate surface area is 104 Å². The molecule has 0 radical (unpaired) electrons. The van der Waals surface area contributed by atoms with Gasteiger partial charge in [-0.3, -0.25) is 0 Å². The third-order valence-electron chi connectivity index (χ3n) is 2.24. The Morgan fingerprint density at radius 1 is 1.50 bits per heavy atom. The van der Waals surface area contributed by atoms with Crippen LogP contribution in [0.25, 0.3) is 5.82 Å². The molecule has 2 heterocycles. The highest BCUT2D eigenvalue weighted by molar-refractivity contribution is 5.85. The molecule has 0 saturated carbocycles. The van der Waals surface area contributed by atoms with E-state index in [1.54, 1.807) is 24.5 Å². The topological polar surface area (TPSA) is 77.2 Å². The van der Waals surface area contributed by atoms with E-state index in [-0.39, 0.29) is 5.69 Å². The lowest BCUT2D eigenvalue weighted by Gasteiger charge is -2.09. The third-order valence-corrected chi connectivity index (χ3v) is 2.24. The van der Waals surface area contributed by atoms with Gasteiger partial charge in [-0.15, -0.1) is 0 Å². The van der Waals surface area contributed by atoms with Crippen molar-refractivity contribution < 1.29 is 14.6 Å². The van der Waals surface area contributed by atoms with Crippen molar-refractivity contribution in [3.05, 3.63) is 36.3 Å². The van der Waals surface area contributed by atoms with Crippen LogP contribution in [0.15, 0.2) is 30.6 Å². The van der Waals surface area contributed by atoms with E-state index in [1.165, 1.54) is 10.7 Å². The van der Waals surface area contributed by atoms with Gasteiger partial charge in [0, 0.05) is 12.4 Å². The molecule has 1 N–H and O–H groups in total. The lowest BCUT2D eigenvalue weighted by molar-refractivity contribution is 0.0690. The molecule has 0 unspecified atom stereocenters. The summed E-state index contributed by atoms with van der Waals surface area (Å²) in [5.74, 6) is -0.00135. The molecule has 0 aliphatic carbocycles. The Hall–Kier alpha value is -2.37. The number of nitrogens with zero attached hydrogens (tertiary/aromatic N) is 3. The first-order valence-corrected chi connectivity index (χ1v) is 5.59. The van der Waals surface area contributed by atoms with Crippen LogP contribution < -0.4 is 4.74 Å². The Bertz CT molecular complexity index is 551. The van der Waals surface area contributed by atoms with Gasteiger partial charge in [0.1, 0.15) is 0 Å². The fourth-order valence-corrected chi connectivity index (χ4v) is 1.43. The summed E-state index contributed by atoms with van der Waals surface area (Å²) in [5, 5.41) is 12.8. The molecule has 6 heteroatoms. The van der Waals surface area contributed by atoms with Crippen LogP contribution in [0.2, 0.25) is 0 Å². The van der Waals surface area contributed by atoms with Crippen molar-refractivity contribution in [3.8, 4) is 11.6 Å². The molecular formula is C12H13N3O3. The summed E-state index contributed by atoms with van der Waals surface area (Å²) in [5.41, 5.74) is -0.0258. The first-order chi connectivity index (χ1) is 8.72. The lowest BCUT2D eigenvalue weighted by Crippen LogP contribution is -2.06. The molecule has 0 fully saturated rings. The largest absolute Gasteiger partial charge is 0.490 e. The van der Waals surface area contributed by atoms with Crippen LogP contribution in [0.1, 0.15) is 23.8 Å². The fraction of sp³-hybridized carbons (Fsp3) is 0.250. The van der Waals surface area contributed by atoms with Crippen LogP contribution in [0.4, 0.5) is 0 Å². The number of ether oxygens (including phenoxy) is 1. The zero-order valence-corrected chi connectivity index (χ0v) is 9.91. The highest BCUT2D eigenvalue weighted by Gasteiger charge is 2.11. The van der Waals surface area contributed by atoms with E-state index >= 15 is 0 Å². The van der Waals surface area contributed by atoms with Crippen LogP contribution in [-0.2, 0) is 0 Å². The van der Waals surface area contributed by atoms with Gasteiger partial charge in [0.15, 0.2) is 17.3 Å². The first-order valence-electron chi connectivity index (χ1n) is 5.59. The molecule has 6 nitrogen and oxygen atoms in total. The lowest BCUT2D eigenvalue weighted by atomic mass is 10.4. The molecule has 0 spiro atoms. The van der Waals surface area contributed by atoms with Crippen molar-refractivity contribution in [1.82, 2.24) is 14.8 Å². The van der Waals surface area contributed by atoms with Crippen LogP contribution >= 0.6 is 0 Å². The summed E-state index contributed by atoms with van der Waals surface area (Å²) < 4.78 is 6.94. The molecule has 0 aromatic carbocycles. The summed E-state index contributed by atoms with van der Waals surface area (Å²) in [6.07, 6.45) is 4.04. The minimum atomic E-state index is -1.07. The molecule has 18 heavy (non-hydrogen) atoms. The van der Waals surface area contributed by atoms with E-state index in [4.69, 9.17) is 9.84 Å². The predicted molar refractivity (Wildman–Crippen MR) is 64.1 cm³/mol. The monoisotopic (exact) mass is 247 g/mol. The Morgan fingerprint density at radius 2 is 2.33 bits per heavy atom. The molecular weight excluding hydrogens is 234 g/mol. The van der Waals surface area contributed by atoms with Crippen LogP contribution in [0.3, 0.4) is 0 Å². The number of pyridine rings is 1. The second kappa shape index (κ2) is 5.31. The quantitative estimate of drug-likeness (QED) is 0.871. The van der Waals surface area contributed by atoms with Crippen molar-refractivity contribution in [1.29, 1.82) is 0 Å². The maximum absolute atomic E-state index is 10.8. The highest BCUT2D eigenvalue weighted by Crippen LogP contribution is 2.19. The van der Waals surface area contributed by atoms with E-state index < -0.39 is 5.97 Å². The molecule has 0 aliphatic rings. The van der Waals surface area contributed by atoms with Gasteiger partial charge in [-0.1, -0.05) is 6.92 Å². The van der Waals surface area contributed by atoms with E-state index in [0.29, 0.717) is 18.2 Å². The molecule has 0 amide bonds. The average molecular weight is 247 g/mol. The van der Waals surface area contributed by atoms with Gasteiger partial charge in [-0.25, -0.2) is 14.5 Å². The van der Waals surface area contributed by atoms with Gasteiger partial charge in [0.2, 0.25) is 0 Å². The van der Waals surface area contributed by atoms with Crippen molar-refractivity contribution >= 4 is 5.97 Å². The number of hydrogen-bond acceptors (Lipinski definition) is 4. The molecule has 2 rings (SSSR count). The van der Waals surface area contributed by atoms with Crippen LogP contribution in [0, 0.1) is 0 Å². The average Bonchev–Trinajstić information content (AvgIpc) is 2.86. The van der Waals surface area contributed by atoms with Crippen molar-refractivity contribution in [2.45, 2.75) is 13.3 Å². The Morgan fingerprint density at radius 3 is 3.00 bits per heavy atom. The number of carboxylic acids is 1. The second-order valence-corrected chi connectivity index (χ2v) is 3.62. The Kier molecular flexibility index (Phi) is 3.57. The molecule has 0 saturated heterocycles. The summed E-state index contributed by atoms with van der Waals surface area (Å²) in [6.45, 7) is 2.58. The number of rotatable bonds is 5. The van der Waals surface area contributed by atoms with Gasteiger partial charge in [0.05, 0.1) is 6.61 Å². The maximum Gasteiger partial charge on any atom is 0.356 e. The smallest absolute Gasteiger partial charge is 0.356 e. The minimum absolute atomic E-state index is 0.0258. The summed E-state index contributed by atoms with van der Waals surface area (Å²) in [6, 6.07) is 4.96. The van der Waals surface area contributed by atoms with E-state index in [2.05, 4.69) is 10.1 Å². The second-order valence-electron chi connectivity index (χ2n) is 3.62. The molecule has 2 aromatic rings. The van der Waals surface area contributed by atoms with E-state index in [0.717, 1.165) is 6.42 Å². The third kappa shape index (κ3) is 2.48. The van der Waals surface area contributed by atoms with Gasteiger partial charge in [-0.2, -0.15) is 5.10 Å². The zero-order valence-electron chi connectivity index (χ0n) is 9.91. The molecule has 94 valence electrons. The van der Waals surface area contributed by atoms with E-state index in [1.807, 2.05) is 6.92 Å². The number of carbonyl (C=O) groups is 1. The van der Waals surface area contributed by atoms with Gasteiger partial charge in [0.25, 0.3) is 0 Å². The normalized spacial score (nSPS) is 10.3. The SMILES string of the molecule is CCCOc1cccnc1-n1ccc(C(=O)O)n1. The standard InChI is InChI=1S/C12H13N3O3/c1-2-8-18-10-4-3-6-13-11(10)15-7-5-9(14-15)12(16)17/h3-7H,2,8H2,1H3,(H,16,17). The van der Waals surface area contributed by atoms with E-state index in [9.17, 15) is 4.79 Å². The minimum Gasteiger partial charge on any atom is -0.490 e. The molecule has 2 aromatic heterocycles. The number of hydrogen-bond donors (Lipinski definition) is 1. The van der Waals surface area contributed by atoms with Crippen molar-refractivity contribution in [2.24, 2.45) is 0 Å². The summed E-state index contributed by atoms with van der Waals surface area (Å²) in [7, 11) is 0. The molecule has 0 atom stereocenters. The predicted octanol–water partition coefficient (Wildman–Crippen LogP) is 1.75. The maximum atomic E-state index is 10.8. The summed E-state index contributed by atoms with van der Waals surface area (Å²) in [4.78, 5) is 14.9. The number of carboxylic acid groups (broad SMARTS) is 1. The fourth-order valence-electron chi connectivity index (χ4n) is 1.43. The van der Waals surface area contributed by atoms with Crippen LogP contribution in [0.5, 0.6) is 5.75 Å². The van der Waals surface area contributed by atoms with Gasteiger partial charge >= 0.3 is 5.97 Å². The van der Waals surface area contributed by atoms with Crippen molar-refractivity contribution in [3.63, 3.8) is 0 Å². The van der Waals surface area contributed by atoms with Crippen LogP contribution in [-0.4, -0.2) is 32.4 Å². The first kappa shape index (κ1) is 12.1. The summed E-state index contributed by atoms with van der Waals surface area (Å²) >= 11 is 0. The number of aromatic nitrogens is 3. The molecule has 0 aliphatic heterocycles. The zero-order chi connectivity index (χ0) is 13.0. The van der Waals surface area contributed by atoms with Crippen molar-refractivity contribution in [2.75, 3.05) is 6.61 Å². The van der Waals surface area contributed by atoms with Gasteiger partial charge < -0.3 is 9.84 Å². The van der Waals surface area contributed by atoms with Gasteiger partial charge in [-0.05, 0) is 24.6 Å². The molecule has 0 bridgehead atoms.